The van der Waals surface area contributed by atoms with Crippen molar-refractivity contribution in [2.24, 2.45) is 0 Å². The Labute approximate surface area is 180 Å². The maximum Gasteiger partial charge on any atom is 0.333 e. The van der Waals surface area contributed by atoms with Crippen molar-refractivity contribution in [3.05, 3.63) is 81.9 Å². The molecule has 2 aliphatic heterocycles. The van der Waals surface area contributed by atoms with Gasteiger partial charge < -0.3 is 14.4 Å². The minimum absolute atomic E-state index is 0.0143. The van der Waals surface area contributed by atoms with E-state index in [2.05, 4.69) is 31.4 Å². The first-order valence-corrected chi connectivity index (χ1v) is 10.0. The molecule has 0 fully saturated rings. The zero-order valence-corrected chi connectivity index (χ0v) is 17.8. The largest absolute Gasteiger partial charge is 0.463 e. The van der Waals surface area contributed by atoms with E-state index >= 15 is 0 Å². The molecular formula is C24H24N2O5. The molecule has 0 saturated carbocycles. The second kappa shape index (κ2) is 7.27. The van der Waals surface area contributed by atoms with Crippen molar-refractivity contribution in [1.29, 1.82) is 0 Å². The topological polar surface area (TPSA) is 81.9 Å². The smallest absolute Gasteiger partial charge is 0.333 e. The van der Waals surface area contributed by atoms with Crippen LogP contribution in [0.25, 0.3) is 6.08 Å². The first-order valence-electron chi connectivity index (χ1n) is 10.0. The summed E-state index contributed by atoms with van der Waals surface area (Å²) in [4.78, 5) is 24.7. The third-order valence-electron chi connectivity index (χ3n) is 6.02. The molecule has 0 N–H and O–H groups in total. The maximum absolute atomic E-state index is 11.9. The van der Waals surface area contributed by atoms with Crippen LogP contribution in [0.15, 0.2) is 60.7 Å². The van der Waals surface area contributed by atoms with E-state index in [4.69, 9.17) is 9.47 Å². The van der Waals surface area contributed by atoms with Crippen LogP contribution < -0.4 is 9.64 Å². The molecule has 2 aromatic rings. The van der Waals surface area contributed by atoms with Crippen molar-refractivity contribution < 1.29 is 19.2 Å². The molecule has 160 valence electrons. The summed E-state index contributed by atoms with van der Waals surface area (Å²) in [5, 5.41) is 11.1. The van der Waals surface area contributed by atoms with Crippen LogP contribution in [0.5, 0.6) is 5.75 Å². The zero-order valence-electron chi connectivity index (χ0n) is 17.8. The molecule has 0 saturated heterocycles. The minimum atomic E-state index is -0.880. The average molecular weight is 420 g/mol. The molecule has 2 aromatic carbocycles. The van der Waals surface area contributed by atoms with Crippen LogP contribution in [-0.2, 0) is 14.9 Å². The Morgan fingerprint density at radius 1 is 1.26 bits per heavy atom. The number of hydrogen-bond donors (Lipinski definition) is 0. The second-order valence-electron chi connectivity index (χ2n) is 8.32. The van der Waals surface area contributed by atoms with Gasteiger partial charge in [-0.3, -0.25) is 10.1 Å². The second-order valence-corrected chi connectivity index (χ2v) is 8.32. The molecular weight excluding hydrogens is 396 g/mol. The third kappa shape index (κ3) is 3.17. The van der Waals surface area contributed by atoms with E-state index in [0.29, 0.717) is 23.4 Å². The van der Waals surface area contributed by atoms with E-state index in [1.54, 1.807) is 13.0 Å². The molecule has 0 bridgehead atoms. The highest BCUT2D eigenvalue weighted by Crippen LogP contribution is 2.54. The third-order valence-corrected chi connectivity index (χ3v) is 6.02. The summed E-state index contributed by atoms with van der Waals surface area (Å²) in [7, 11) is 0. The van der Waals surface area contributed by atoms with E-state index in [1.807, 2.05) is 30.4 Å². The van der Waals surface area contributed by atoms with Gasteiger partial charge in [-0.1, -0.05) is 24.8 Å². The van der Waals surface area contributed by atoms with Gasteiger partial charge in [-0.15, -0.1) is 0 Å². The average Bonchev–Trinajstić information content (AvgIpc) is 2.92. The van der Waals surface area contributed by atoms with E-state index in [-0.39, 0.29) is 12.3 Å². The van der Waals surface area contributed by atoms with Gasteiger partial charge >= 0.3 is 5.97 Å². The highest BCUT2D eigenvalue weighted by Gasteiger charge is 2.58. The highest BCUT2D eigenvalue weighted by atomic mass is 16.6. The Kier molecular flexibility index (Phi) is 4.84. The molecule has 4 rings (SSSR count). The van der Waals surface area contributed by atoms with Gasteiger partial charge in [0.1, 0.15) is 12.4 Å². The highest BCUT2D eigenvalue weighted by molar-refractivity contribution is 5.87. The zero-order chi connectivity index (χ0) is 22.4. The molecule has 2 aliphatic rings. The maximum atomic E-state index is 11.9. The normalized spacial score (nSPS) is 20.0. The lowest BCUT2D eigenvalue weighted by atomic mass is 9.76. The number of rotatable bonds is 5. The van der Waals surface area contributed by atoms with Crippen molar-refractivity contribution in [2.75, 3.05) is 18.1 Å². The number of ether oxygens (including phenoxy) is 2. The fourth-order valence-electron chi connectivity index (χ4n) is 4.34. The Balaban J connectivity index is 1.73. The summed E-state index contributed by atoms with van der Waals surface area (Å²) in [5.74, 6) is 0.136. The van der Waals surface area contributed by atoms with Crippen LogP contribution in [0, 0.1) is 10.1 Å². The molecule has 0 amide bonds. The minimum Gasteiger partial charge on any atom is -0.463 e. The molecule has 7 heteroatoms. The number of nitrogens with zero attached hydrogens (tertiary/aromatic N) is 2. The molecule has 1 atom stereocenters. The van der Waals surface area contributed by atoms with Crippen molar-refractivity contribution in [1.82, 2.24) is 0 Å². The Morgan fingerprint density at radius 3 is 2.71 bits per heavy atom. The summed E-state index contributed by atoms with van der Waals surface area (Å²) in [6, 6.07) is 12.6. The molecule has 0 unspecified atom stereocenters. The van der Waals surface area contributed by atoms with Gasteiger partial charge in [0.15, 0.2) is 0 Å². The Hall–Kier alpha value is -3.61. The van der Waals surface area contributed by atoms with Crippen molar-refractivity contribution in [3.8, 4) is 5.75 Å². The number of non-ortho nitro benzene ring substituents is 1. The predicted octanol–water partition coefficient (Wildman–Crippen LogP) is 4.61. The van der Waals surface area contributed by atoms with Crippen LogP contribution in [0.3, 0.4) is 0 Å². The number of carbonyl (C=O) groups is 1. The number of nitro benzene ring substituents is 1. The molecule has 0 aliphatic carbocycles. The first-order chi connectivity index (χ1) is 14.7. The van der Waals surface area contributed by atoms with Crippen LogP contribution in [0.4, 0.5) is 11.4 Å². The van der Waals surface area contributed by atoms with Crippen molar-refractivity contribution in [2.45, 2.75) is 31.9 Å². The van der Waals surface area contributed by atoms with Gasteiger partial charge in [0.2, 0.25) is 5.72 Å². The number of nitro groups is 1. The van der Waals surface area contributed by atoms with Crippen LogP contribution in [0.1, 0.15) is 31.9 Å². The molecule has 2 heterocycles. The predicted molar refractivity (Wildman–Crippen MR) is 118 cm³/mol. The number of carbonyl (C=O) groups excluding carboxylic acids is 1. The van der Waals surface area contributed by atoms with Gasteiger partial charge in [-0.25, -0.2) is 4.79 Å². The fourth-order valence-corrected chi connectivity index (χ4v) is 4.34. The molecule has 31 heavy (non-hydrogen) atoms. The number of anilines is 1. The first kappa shape index (κ1) is 20.7. The molecule has 7 nitrogen and oxygen atoms in total. The van der Waals surface area contributed by atoms with Crippen LogP contribution >= 0.6 is 0 Å². The van der Waals surface area contributed by atoms with E-state index < -0.39 is 22.0 Å². The lowest BCUT2D eigenvalue weighted by molar-refractivity contribution is -0.384. The summed E-state index contributed by atoms with van der Waals surface area (Å²) in [6.07, 6.45) is 3.81. The van der Waals surface area contributed by atoms with Crippen LogP contribution in [-0.4, -0.2) is 29.8 Å². The summed E-state index contributed by atoms with van der Waals surface area (Å²) in [5.41, 5.74) is 1.79. The van der Waals surface area contributed by atoms with Gasteiger partial charge in [0, 0.05) is 29.0 Å². The summed E-state index contributed by atoms with van der Waals surface area (Å²) in [6.45, 7) is 10.0. The molecule has 0 aromatic heterocycles. The number of esters is 1. The quantitative estimate of drug-likeness (QED) is 0.304. The lowest BCUT2D eigenvalue weighted by Gasteiger charge is -2.47. The van der Waals surface area contributed by atoms with Gasteiger partial charge in [0.25, 0.3) is 5.69 Å². The number of fused-ring (bicyclic) bond motifs is 2. The summed E-state index contributed by atoms with van der Waals surface area (Å²) < 4.78 is 11.9. The standard InChI is InChI=1S/C24H24N2O5/c1-16(2)22(27)30-14-13-25-20-8-6-5-7-19(20)23(3,4)24(25)12-11-17-15-18(26(28)29)9-10-21(17)31-24/h5-12,15H,1,13-14H2,2-4H3/t24-/m1/s1. The lowest BCUT2D eigenvalue weighted by Crippen LogP contribution is -2.60. The monoisotopic (exact) mass is 420 g/mol. The molecule has 1 spiro atoms. The van der Waals surface area contributed by atoms with Gasteiger partial charge in [0.05, 0.1) is 16.9 Å². The number of benzene rings is 2. The van der Waals surface area contributed by atoms with Crippen LogP contribution in [0.2, 0.25) is 0 Å². The van der Waals surface area contributed by atoms with Gasteiger partial charge in [-0.05, 0) is 50.6 Å². The number of hydrogen-bond acceptors (Lipinski definition) is 6. The van der Waals surface area contributed by atoms with Crippen molar-refractivity contribution >= 4 is 23.4 Å². The van der Waals surface area contributed by atoms with E-state index in [0.717, 1.165) is 11.3 Å². The van der Waals surface area contributed by atoms with E-state index in [1.165, 1.54) is 12.1 Å². The Morgan fingerprint density at radius 2 is 2.00 bits per heavy atom. The van der Waals surface area contributed by atoms with Crippen molar-refractivity contribution in [3.63, 3.8) is 0 Å². The van der Waals surface area contributed by atoms with Gasteiger partial charge in [-0.2, -0.15) is 0 Å². The summed E-state index contributed by atoms with van der Waals surface area (Å²) >= 11 is 0. The SMILES string of the molecule is C=C(C)C(=O)OCCN1c2ccccc2C(C)(C)[C@]12C=Cc1cc([N+](=O)[O-])ccc1O2. The number of para-hydroxylation sites is 1. The Bertz CT molecular complexity index is 1120. The fraction of sp³-hybridized carbons (Fsp3) is 0.292. The van der Waals surface area contributed by atoms with E-state index in [9.17, 15) is 14.9 Å². The molecule has 0 radical (unpaired) electrons.